The van der Waals surface area contributed by atoms with Crippen molar-refractivity contribution < 1.29 is 14.5 Å². The number of unbranched alkanes of at least 4 members (excludes halogenated alkanes) is 1. The average Bonchev–Trinajstić information content (AvgIpc) is 3.47. The molecule has 4 rings (SSSR count). The fourth-order valence-electron chi connectivity index (χ4n) is 3.75. The SMILES string of the molecule is CCCCC(Oc1ccnn1CC)C(=O)c1ccc(Cn2nnn(C3CC3)c2=O)cc1[N+](=O)[O-]. The summed E-state index contributed by atoms with van der Waals surface area (Å²) in [6.45, 7) is 4.49. The molecular weight excluding hydrogens is 442 g/mol. The lowest BCUT2D eigenvalue weighted by Gasteiger charge is -2.18. The second-order valence-electron chi connectivity index (χ2n) is 8.30. The molecule has 2 aromatic heterocycles. The fourth-order valence-corrected chi connectivity index (χ4v) is 3.75. The van der Waals surface area contributed by atoms with Crippen LogP contribution in [0.15, 0.2) is 35.3 Å². The number of benzene rings is 1. The molecule has 0 aliphatic heterocycles. The van der Waals surface area contributed by atoms with E-state index in [9.17, 15) is 19.7 Å². The number of nitrogens with zero attached hydrogens (tertiary/aromatic N) is 7. The molecule has 34 heavy (non-hydrogen) atoms. The van der Waals surface area contributed by atoms with Crippen LogP contribution in [0.5, 0.6) is 5.88 Å². The van der Waals surface area contributed by atoms with Crippen molar-refractivity contribution in [1.29, 1.82) is 0 Å². The van der Waals surface area contributed by atoms with Gasteiger partial charge in [-0.25, -0.2) is 9.48 Å². The molecule has 0 bridgehead atoms. The summed E-state index contributed by atoms with van der Waals surface area (Å²) in [5.74, 6) is -0.0262. The molecule has 1 aromatic carbocycles. The van der Waals surface area contributed by atoms with Gasteiger partial charge in [-0.3, -0.25) is 14.9 Å². The molecule has 1 atom stereocenters. The van der Waals surface area contributed by atoms with Gasteiger partial charge in [0.2, 0.25) is 11.7 Å². The highest BCUT2D eigenvalue weighted by Crippen LogP contribution is 2.32. The van der Waals surface area contributed by atoms with Gasteiger partial charge in [0.25, 0.3) is 5.69 Å². The molecule has 0 amide bonds. The Morgan fingerprint density at radius 3 is 2.71 bits per heavy atom. The lowest BCUT2D eigenvalue weighted by Crippen LogP contribution is -2.29. The van der Waals surface area contributed by atoms with Crippen molar-refractivity contribution in [2.45, 2.75) is 71.2 Å². The molecule has 1 fully saturated rings. The minimum atomic E-state index is -0.882. The van der Waals surface area contributed by atoms with E-state index in [0.717, 1.165) is 30.4 Å². The topological polar surface area (TPSA) is 140 Å². The zero-order valence-electron chi connectivity index (χ0n) is 19.2. The van der Waals surface area contributed by atoms with Crippen LogP contribution in [0.2, 0.25) is 0 Å². The third-order valence-electron chi connectivity index (χ3n) is 5.76. The first-order chi connectivity index (χ1) is 16.4. The number of aromatic nitrogens is 6. The van der Waals surface area contributed by atoms with Crippen molar-refractivity contribution in [2.75, 3.05) is 0 Å². The van der Waals surface area contributed by atoms with Crippen LogP contribution in [0, 0.1) is 10.1 Å². The summed E-state index contributed by atoms with van der Waals surface area (Å²) < 4.78 is 10.1. The predicted molar refractivity (Wildman–Crippen MR) is 121 cm³/mol. The number of hydrogen-bond acceptors (Lipinski definition) is 8. The Bertz CT molecular complexity index is 1240. The zero-order valence-corrected chi connectivity index (χ0v) is 19.2. The van der Waals surface area contributed by atoms with E-state index in [1.807, 2.05) is 13.8 Å². The van der Waals surface area contributed by atoms with Crippen molar-refractivity contribution in [1.82, 2.24) is 29.6 Å². The number of Topliss-reactive ketones (excluding diaryl/α,β-unsaturated/α-hetero) is 1. The molecule has 3 aromatic rings. The van der Waals surface area contributed by atoms with Gasteiger partial charge in [0.05, 0.1) is 29.3 Å². The number of ketones is 1. The van der Waals surface area contributed by atoms with Gasteiger partial charge in [0.1, 0.15) is 0 Å². The minimum absolute atomic E-state index is 0.0202. The third kappa shape index (κ3) is 4.90. The Hall–Kier alpha value is -3.83. The van der Waals surface area contributed by atoms with Crippen molar-refractivity contribution in [3.05, 3.63) is 62.2 Å². The first-order valence-electron chi connectivity index (χ1n) is 11.4. The largest absolute Gasteiger partial charge is 0.466 e. The number of carbonyl (C=O) groups is 1. The monoisotopic (exact) mass is 469 g/mol. The number of tetrazole rings is 1. The number of ether oxygens (including phenoxy) is 1. The summed E-state index contributed by atoms with van der Waals surface area (Å²) in [5, 5.41) is 23.8. The zero-order chi connectivity index (χ0) is 24.2. The highest BCUT2D eigenvalue weighted by molar-refractivity contribution is 6.03. The standard InChI is InChI=1S/C22H27N7O5/c1-3-5-6-19(34-20-11-12-23-26(20)4-2)21(30)17-10-7-15(13-18(17)29(32)33)14-27-22(31)28(25-24-27)16-8-9-16/h7,10-13,16,19H,3-6,8-9,14H2,1-2H3. The Morgan fingerprint density at radius 1 is 1.24 bits per heavy atom. The highest BCUT2D eigenvalue weighted by atomic mass is 16.6. The van der Waals surface area contributed by atoms with E-state index in [-0.39, 0.29) is 29.5 Å². The lowest BCUT2D eigenvalue weighted by atomic mass is 9.98. The number of hydrogen-bond donors (Lipinski definition) is 0. The molecule has 1 saturated carbocycles. The molecule has 0 saturated heterocycles. The van der Waals surface area contributed by atoms with Gasteiger partial charge >= 0.3 is 5.69 Å². The van der Waals surface area contributed by atoms with Crippen molar-refractivity contribution in [3.8, 4) is 5.88 Å². The van der Waals surface area contributed by atoms with Crippen LogP contribution in [-0.4, -0.2) is 46.4 Å². The molecule has 12 heteroatoms. The van der Waals surface area contributed by atoms with E-state index in [0.29, 0.717) is 24.4 Å². The lowest BCUT2D eigenvalue weighted by molar-refractivity contribution is -0.385. The summed E-state index contributed by atoms with van der Waals surface area (Å²) in [6, 6.07) is 6.07. The fraction of sp³-hybridized carbons (Fsp3) is 0.500. The molecule has 0 radical (unpaired) electrons. The maximum atomic E-state index is 13.4. The normalized spacial score (nSPS) is 14.2. The van der Waals surface area contributed by atoms with Gasteiger partial charge in [-0.05, 0) is 54.7 Å². The van der Waals surface area contributed by atoms with Crippen molar-refractivity contribution in [3.63, 3.8) is 0 Å². The second-order valence-corrected chi connectivity index (χ2v) is 8.30. The highest BCUT2D eigenvalue weighted by Gasteiger charge is 2.30. The van der Waals surface area contributed by atoms with E-state index in [1.165, 1.54) is 16.8 Å². The predicted octanol–water partition coefficient (Wildman–Crippen LogP) is 2.77. The molecule has 0 N–H and O–H groups in total. The van der Waals surface area contributed by atoms with Crippen LogP contribution in [-0.2, 0) is 13.1 Å². The average molecular weight is 470 g/mol. The molecule has 0 spiro atoms. The van der Waals surface area contributed by atoms with Crippen molar-refractivity contribution in [2.24, 2.45) is 0 Å². The number of nitro benzene ring substituents is 1. The summed E-state index contributed by atoms with van der Waals surface area (Å²) >= 11 is 0. The Morgan fingerprint density at radius 2 is 2.03 bits per heavy atom. The van der Waals surface area contributed by atoms with Gasteiger partial charge in [-0.2, -0.15) is 14.5 Å². The molecule has 1 unspecified atom stereocenters. The van der Waals surface area contributed by atoms with Gasteiger partial charge < -0.3 is 4.74 Å². The maximum Gasteiger partial charge on any atom is 0.364 e. The number of aryl methyl sites for hydroxylation is 1. The van der Waals surface area contributed by atoms with E-state index in [2.05, 4.69) is 15.5 Å². The molecule has 12 nitrogen and oxygen atoms in total. The maximum absolute atomic E-state index is 13.4. The van der Waals surface area contributed by atoms with Crippen molar-refractivity contribution >= 4 is 11.5 Å². The number of carbonyl (C=O) groups excluding carboxylic acids is 1. The van der Waals surface area contributed by atoms with Crippen LogP contribution >= 0.6 is 0 Å². The first-order valence-corrected chi connectivity index (χ1v) is 11.4. The van der Waals surface area contributed by atoms with Gasteiger partial charge in [-0.15, -0.1) is 0 Å². The van der Waals surface area contributed by atoms with Crippen LogP contribution < -0.4 is 10.4 Å². The Kier molecular flexibility index (Phi) is 6.85. The number of nitro groups is 1. The Labute approximate surface area is 195 Å². The smallest absolute Gasteiger partial charge is 0.364 e. The van der Waals surface area contributed by atoms with Crippen LogP contribution in [0.3, 0.4) is 0 Å². The van der Waals surface area contributed by atoms with E-state index in [1.54, 1.807) is 23.0 Å². The molecule has 1 aliphatic carbocycles. The quantitative estimate of drug-likeness (QED) is 0.224. The summed E-state index contributed by atoms with van der Waals surface area (Å²) in [6.07, 6.45) is 4.47. The van der Waals surface area contributed by atoms with Gasteiger partial charge in [0.15, 0.2) is 6.10 Å². The Balaban J connectivity index is 1.60. The first kappa shape index (κ1) is 23.3. The molecule has 180 valence electrons. The summed E-state index contributed by atoms with van der Waals surface area (Å²) in [4.78, 5) is 37.1. The van der Waals surface area contributed by atoms with Gasteiger partial charge in [-0.1, -0.05) is 19.4 Å². The van der Waals surface area contributed by atoms with Crippen LogP contribution in [0.25, 0.3) is 0 Å². The third-order valence-corrected chi connectivity index (χ3v) is 5.76. The number of rotatable bonds is 12. The van der Waals surface area contributed by atoms with Crippen LogP contribution in [0.4, 0.5) is 5.69 Å². The van der Waals surface area contributed by atoms with E-state index >= 15 is 0 Å². The second kappa shape index (κ2) is 9.98. The summed E-state index contributed by atoms with van der Waals surface area (Å²) in [5.41, 5.74) is -0.250. The van der Waals surface area contributed by atoms with E-state index < -0.39 is 16.8 Å². The molecule has 1 aliphatic rings. The van der Waals surface area contributed by atoms with Crippen LogP contribution in [0.1, 0.15) is 67.9 Å². The summed E-state index contributed by atoms with van der Waals surface area (Å²) in [7, 11) is 0. The molecular formula is C22H27N7O5. The molecule has 2 heterocycles. The van der Waals surface area contributed by atoms with E-state index in [4.69, 9.17) is 4.74 Å². The van der Waals surface area contributed by atoms with Gasteiger partial charge in [0, 0.05) is 18.7 Å². The minimum Gasteiger partial charge on any atom is -0.466 e.